The van der Waals surface area contributed by atoms with Gasteiger partial charge < -0.3 is 15.3 Å². The number of rotatable bonds is 7. The maximum absolute atomic E-state index is 11.5. The van der Waals surface area contributed by atoms with Crippen LogP contribution in [-0.2, 0) is 33.3 Å². The van der Waals surface area contributed by atoms with Crippen LogP contribution in [-0.4, -0.2) is 27.3 Å². The molecule has 0 radical (unpaired) electrons. The SMILES string of the molecule is CCCCc1c(CC(C(=O)O)C(=O)O)cc(C(C)(C)C)c(O)c1C(C)(C)C. The summed E-state index contributed by atoms with van der Waals surface area (Å²) in [5, 5.41) is 29.8. The highest BCUT2D eigenvalue weighted by molar-refractivity contribution is 5.93. The third kappa shape index (κ3) is 5.47. The molecular weight excluding hydrogens is 344 g/mol. The predicted octanol–water partition coefficient (Wildman–Crippen LogP) is 4.66. The molecule has 0 spiro atoms. The standard InChI is InChI=1S/C22H34O5/c1-8-9-10-14-13(11-15(19(24)25)20(26)27)12-16(21(2,3)4)18(23)17(14)22(5,6)7/h12,15,23H,8-11H2,1-7H3,(H,24,25)(H,26,27). The van der Waals surface area contributed by atoms with Gasteiger partial charge in [0.15, 0.2) is 5.92 Å². The summed E-state index contributed by atoms with van der Waals surface area (Å²) in [6, 6.07) is 1.81. The van der Waals surface area contributed by atoms with E-state index >= 15 is 0 Å². The zero-order valence-electron chi connectivity index (χ0n) is 17.6. The molecule has 27 heavy (non-hydrogen) atoms. The summed E-state index contributed by atoms with van der Waals surface area (Å²) in [5.41, 5.74) is 2.41. The molecule has 0 heterocycles. The molecule has 0 unspecified atom stereocenters. The second-order valence-electron chi connectivity index (χ2n) is 9.32. The lowest BCUT2D eigenvalue weighted by atomic mass is 9.73. The van der Waals surface area contributed by atoms with Crippen LogP contribution in [0.3, 0.4) is 0 Å². The monoisotopic (exact) mass is 378 g/mol. The Kier molecular flexibility index (Phi) is 7.09. The Labute approximate surface area is 162 Å². The third-order valence-electron chi connectivity index (χ3n) is 4.86. The number of carboxylic acids is 2. The summed E-state index contributed by atoms with van der Waals surface area (Å²) >= 11 is 0. The minimum Gasteiger partial charge on any atom is -0.507 e. The molecule has 0 aliphatic rings. The van der Waals surface area contributed by atoms with E-state index in [1.807, 2.05) is 47.6 Å². The van der Waals surface area contributed by atoms with E-state index in [0.717, 1.165) is 29.5 Å². The minimum absolute atomic E-state index is 0.0871. The molecule has 1 aromatic carbocycles. The first-order chi connectivity index (χ1) is 12.2. The van der Waals surface area contributed by atoms with Crippen molar-refractivity contribution in [2.45, 2.75) is 85.0 Å². The molecular formula is C22H34O5. The van der Waals surface area contributed by atoms with Gasteiger partial charge in [0, 0.05) is 5.56 Å². The Hall–Kier alpha value is -2.04. The Morgan fingerprint density at radius 2 is 1.52 bits per heavy atom. The van der Waals surface area contributed by atoms with Gasteiger partial charge in [0.25, 0.3) is 0 Å². The summed E-state index contributed by atoms with van der Waals surface area (Å²) in [5.74, 6) is -3.94. The summed E-state index contributed by atoms with van der Waals surface area (Å²) in [6.07, 6.45) is 2.43. The first kappa shape index (κ1) is 23.0. The number of phenolic OH excluding ortho intramolecular Hbond substituents is 1. The van der Waals surface area contributed by atoms with Gasteiger partial charge in [0.05, 0.1) is 0 Å². The zero-order chi connectivity index (χ0) is 21.2. The van der Waals surface area contributed by atoms with Crippen LogP contribution in [0.1, 0.15) is 83.6 Å². The van der Waals surface area contributed by atoms with Gasteiger partial charge in [-0.05, 0) is 46.8 Å². The van der Waals surface area contributed by atoms with E-state index in [9.17, 15) is 24.9 Å². The number of carbonyl (C=O) groups is 2. The van der Waals surface area contributed by atoms with E-state index in [4.69, 9.17) is 0 Å². The van der Waals surface area contributed by atoms with Crippen molar-refractivity contribution in [3.05, 3.63) is 28.3 Å². The van der Waals surface area contributed by atoms with Gasteiger partial charge >= 0.3 is 11.9 Å². The Morgan fingerprint density at radius 3 is 1.89 bits per heavy atom. The summed E-state index contributed by atoms with van der Waals surface area (Å²) in [4.78, 5) is 22.9. The molecule has 5 heteroatoms. The predicted molar refractivity (Wildman–Crippen MR) is 107 cm³/mol. The molecule has 0 saturated heterocycles. The number of carboxylic acid groups (broad SMARTS) is 2. The van der Waals surface area contributed by atoms with E-state index in [0.29, 0.717) is 12.0 Å². The van der Waals surface area contributed by atoms with Crippen molar-refractivity contribution in [1.29, 1.82) is 0 Å². The number of hydrogen-bond donors (Lipinski definition) is 3. The highest BCUT2D eigenvalue weighted by atomic mass is 16.4. The topological polar surface area (TPSA) is 94.8 Å². The van der Waals surface area contributed by atoms with Gasteiger partial charge in [0.2, 0.25) is 0 Å². The highest BCUT2D eigenvalue weighted by Gasteiger charge is 2.33. The van der Waals surface area contributed by atoms with Crippen molar-refractivity contribution in [1.82, 2.24) is 0 Å². The van der Waals surface area contributed by atoms with Crippen molar-refractivity contribution in [2.75, 3.05) is 0 Å². The maximum atomic E-state index is 11.5. The van der Waals surface area contributed by atoms with E-state index in [1.54, 1.807) is 0 Å². The molecule has 0 aliphatic heterocycles. The van der Waals surface area contributed by atoms with E-state index in [1.165, 1.54) is 0 Å². The molecule has 1 rings (SSSR count). The van der Waals surface area contributed by atoms with Crippen LogP contribution < -0.4 is 0 Å². The first-order valence-electron chi connectivity index (χ1n) is 9.56. The number of aromatic hydroxyl groups is 1. The maximum Gasteiger partial charge on any atom is 0.318 e. The van der Waals surface area contributed by atoms with Crippen molar-refractivity contribution < 1.29 is 24.9 Å². The fraction of sp³-hybridized carbons (Fsp3) is 0.636. The average Bonchev–Trinajstić information content (AvgIpc) is 2.48. The van der Waals surface area contributed by atoms with Gasteiger partial charge in [-0.2, -0.15) is 0 Å². The van der Waals surface area contributed by atoms with Crippen LogP contribution in [0.5, 0.6) is 5.75 Å². The van der Waals surface area contributed by atoms with E-state index in [2.05, 4.69) is 6.92 Å². The summed E-state index contributed by atoms with van der Waals surface area (Å²) in [7, 11) is 0. The number of hydrogen-bond acceptors (Lipinski definition) is 3. The Balaban J connectivity index is 3.81. The molecule has 0 atom stereocenters. The molecule has 0 bridgehead atoms. The van der Waals surface area contributed by atoms with E-state index < -0.39 is 17.9 Å². The van der Waals surface area contributed by atoms with Crippen LogP contribution in [0.25, 0.3) is 0 Å². The van der Waals surface area contributed by atoms with Gasteiger partial charge in [-0.25, -0.2) is 0 Å². The number of unbranched alkanes of at least 4 members (excludes halogenated alkanes) is 1. The Morgan fingerprint density at radius 1 is 1.00 bits per heavy atom. The molecule has 0 saturated carbocycles. The number of benzene rings is 1. The summed E-state index contributed by atoms with van der Waals surface area (Å²) in [6.45, 7) is 14.1. The Bertz CT molecular complexity index is 691. The second kappa shape index (κ2) is 8.32. The van der Waals surface area contributed by atoms with Gasteiger partial charge in [0.1, 0.15) is 5.75 Å². The summed E-state index contributed by atoms with van der Waals surface area (Å²) < 4.78 is 0. The highest BCUT2D eigenvalue weighted by Crippen LogP contribution is 2.43. The van der Waals surface area contributed by atoms with Gasteiger partial charge in [-0.15, -0.1) is 0 Å². The number of phenols is 1. The molecule has 5 nitrogen and oxygen atoms in total. The van der Waals surface area contributed by atoms with Gasteiger partial charge in [-0.1, -0.05) is 61.0 Å². The number of aliphatic carboxylic acids is 2. The molecule has 1 aromatic rings. The second-order valence-corrected chi connectivity index (χ2v) is 9.32. The molecule has 0 fully saturated rings. The van der Waals surface area contributed by atoms with Crippen molar-refractivity contribution >= 4 is 11.9 Å². The zero-order valence-corrected chi connectivity index (χ0v) is 17.6. The van der Waals surface area contributed by atoms with Crippen LogP contribution >= 0.6 is 0 Å². The van der Waals surface area contributed by atoms with Crippen LogP contribution in [0.4, 0.5) is 0 Å². The normalized spacial score (nSPS) is 12.4. The molecule has 152 valence electrons. The molecule has 0 amide bonds. The fourth-order valence-electron chi connectivity index (χ4n) is 3.47. The van der Waals surface area contributed by atoms with Crippen molar-refractivity contribution in [3.8, 4) is 5.75 Å². The lowest BCUT2D eigenvalue weighted by Gasteiger charge is -2.32. The first-order valence-corrected chi connectivity index (χ1v) is 9.56. The lowest BCUT2D eigenvalue weighted by molar-refractivity contribution is -0.154. The quantitative estimate of drug-likeness (QED) is 0.600. The largest absolute Gasteiger partial charge is 0.507 e. The molecule has 0 aromatic heterocycles. The smallest absolute Gasteiger partial charge is 0.318 e. The lowest BCUT2D eigenvalue weighted by Crippen LogP contribution is -2.27. The van der Waals surface area contributed by atoms with Crippen LogP contribution in [0, 0.1) is 5.92 Å². The molecule has 0 aliphatic carbocycles. The van der Waals surface area contributed by atoms with Crippen LogP contribution in [0.2, 0.25) is 0 Å². The molecule has 3 N–H and O–H groups in total. The fourth-order valence-corrected chi connectivity index (χ4v) is 3.47. The van der Waals surface area contributed by atoms with E-state index in [-0.39, 0.29) is 23.0 Å². The minimum atomic E-state index is -1.50. The van der Waals surface area contributed by atoms with Crippen molar-refractivity contribution in [2.24, 2.45) is 5.92 Å². The average molecular weight is 379 g/mol. The van der Waals surface area contributed by atoms with Gasteiger partial charge in [-0.3, -0.25) is 9.59 Å². The van der Waals surface area contributed by atoms with Crippen molar-refractivity contribution in [3.63, 3.8) is 0 Å². The van der Waals surface area contributed by atoms with Crippen LogP contribution in [0.15, 0.2) is 6.07 Å². The third-order valence-corrected chi connectivity index (χ3v) is 4.86.